The van der Waals surface area contributed by atoms with Gasteiger partial charge in [0.25, 0.3) is 0 Å². The van der Waals surface area contributed by atoms with Gasteiger partial charge in [0.05, 0.1) is 29.7 Å². The van der Waals surface area contributed by atoms with Gasteiger partial charge in [-0.25, -0.2) is 4.98 Å². The molecule has 182 valence electrons. The molecule has 2 aromatic heterocycles. The van der Waals surface area contributed by atoms with Crippen molar-refractivity contribution in [2.24, 2.45) is 0 Å². The van der Waals surface area contributed by atoms with Crippen LogP contribution in [0.2, 0.25) is 0 Å². The summed E-state index contributed by atoms with van der Waals surface area (Å²) in [7, 11) is 0. The van der Waals surface area contributed by atoms with E-state index in [0.717, 1.165) is 51.5 Å². The van der Waals surface area contributed by atoms with E-state index in [1.165, 1.54) is 5.56 Å². The number of aryl methyl sites for hydroxylation is 1. The van der Waals surface area contributed by atoms with E-state index >= 15 is 0 Å². The van der Waals surface area contributed by atoms with E-state index in [1.807, 2.05) is 54.6 Å². The summed E-state index contributed by atoms with van der Waals surface area (Å²) >= 11 is 0. The number of aliphatic hydroxyl groups excluding tert-OH is 1. The van der Waals surface area contributed by atoms with Gasteiger partial charge in [0.15, 0.2) is 0 Å². The van der Waals surface area contributed by atoms with Crippen molar-refractivity contribution in [1.29, 1.82) is 0 Å². The van der Waals surface area contributed by atoms with Crippen LogP contribution < -0.4 is 0 Å². The van der Waals surface area contributed by atoms with Crippen molar-refractivity contribution in [3.63, 3.8) is 0 Å². The number of aliphatic hydroxyl groups is 1. The van der Waals surface area contributed by atoms with Crippen molar-refractivity contribution in [2.75, 3.05) is 0 Å². The zero-order valence-electron chi connectivity index (χ0n) is 20.8. The molecule has 0 bridgehead atoms. The Kier molecular flexibility index (Phi) is 6.17. The van der Waals surface area contributed by atoms with Gasteiger partial charge < -0.3 is 9.67 Å². The van der Waals surface area contributed by atoms with Crippen LogP contribution in [0.15, 0.2) is 121 Å². The van der Waals surface area contributed by atoms with E-state index in [-0.39, 0.29) is 0 Å². The van der Waals surface area contributed by atoms with Gasteiger partial charge in [-0.15, -0.1) is 0 Å². The first-order chi connectivity index (χ1) is 18.2. The lowest BCUT2D eigenvalue weighted by atomic mass is 10.0. The third-order valence-electron chi connectivity index (χ3n) is 6.97. The zero-order chi connectivity index (χ0) is 25.2. The molecule has 6 rings (SSSR count). The molecular formula is C33H29N3O. The van der Waals surface area contributed by atoms with Crippen molar-refractivity contribution >= 4 is 5.78 Å². The highest BCUT2D eigenvalue weighted by atomic mass is 16.3. The van der Waals surface area contributed by atoms with Crippen molar-refractivity contribution in [3.8, 4) is 33.8 Å². The van der Waals surface area contributed by atoms with Gasteiger partial charge in [-0.3, -0.25) is 4.40 Å². The first kappa shape index (κ1) is 23.0. The Morgan fingerprint density at radius 1 is 0.703 bits per heavy atom. The Morgan fingerprint density at radius 3 is 1.92 bits per heavy atom. The van der Waals surface area contributed by atoms with Crippen molar-refractivity contribution < 1.29 is 5.11 Å². The second-order valence-corrected chi connectivity index (χ2v) is 9.31. The highest BCUT2D eigenvalue weighted by Crippen LogP contribution is 2.36. The maximum Gasteiger partial charge on any atom is 0.215 e. The second kappa shape index (κ2) is 9.92. The standard InChI is InChI=1S/C33H29N3O/c1-2-24-18-20-25(21-19-24)29-22-36-32(28-16-10-5-11-17-28)31(27-14-8-4-9-15-27)34-33(36)35(29)23-30(37)26-12-6-3-7-13-26/h3-22,30,37H,2,23H2,1H3/t30-/m0/s1. The molecule has 4 heteroatoms. The minimum atomic E-state index is -0.664. The maximum atomic E-state index is 11.3. The lowest BCUT2D eigenvalue weighted by molar-refractivity contribution is 0.158. The van der Waals surface area contributed by atoms with Gasteiger partial charge in [0.2, 0.25) is 5.78 Å². The third kappa shape index (κ3) is 4.37. The molecular weight excluding hydrogens is 454 g/mol. The summed E-state index contributed by atoms with van der Waals surface area (Å²) in [6.07, 6.45) is 2.49. The molecule has 0 saturated heterocycles. The number of hydrogen-bond donors (Lipinski definition) is 1. The molecule has 0 aliphatic rings. The Hall–Kier alpha value is -4.41. The second-order valence-electron chi connectivity index (χ2n) is 9.31. The van der Waals surface area contributed by atoms with Gasteiger partial charge in [-0.2, -0.15) is 0 Å². The van der Waals surface area contributed by atoms with Gasteiger partial charge in [-0.05, 0) is 23.1 Å². The van der Waals surface area contributed by atoms with Crippen LogP contribution in [0.3, 0.4) is 0 Å². The quantitative estimate of drug-likeness (QED) is 0.256. The van der Waals surface area contributed by atoms with Crippen molar-refractivity contribution in [3.05, 3.63) is 133 Å². The molecule has 4 aromatic carbocycles. The summed E-state index contributed by atoms with van der Waals surface area (Å²) in [6.45, 7) is 2.56. The summed E-state index contributed by atoms with van der Waals surface area (Å²) in [5.41, 5.74) is 8.45. The molecule has 0 unspecified atom stereocenters. The van der Waals surface area contributed by atoms with Crippen LogP contribution in [0.5, 0.6) is 0 Å². The van der Waals surface area contributed by atoms with Crippen molar-refractivity contribution in [1.82, 2.24) is 14.0 Å². The molecule has 0 fully saturated rings. The molecule has 0 amide bonds. The van der Waals surface area contributed by atoms with E-state index in [2.05, 4.69) is 82.8 Å². The van der Waals surface area contributed by atoms with Crippen LogP contribution >= 0.6 is 0 Å². The van der Waals surface area contributed by atoms with Gasteiger partial charge >= 0.3 is 0 Å². The van der Waals surface area contributed by atoms with Crippen LogP contribution in [0.1, 0.15) is 24.2 Å². The topological polar surface area (TPSA) is 42.5 Å². The summed E-state index contributed by atoms with van der Waals surface area (Å²) in [5, 5.41) is 11.3. The number of imidazole rings is 2. The zero-order valence-corrected chi connectivity index (χ0v) is 20.8. The highest BCUT2D eigenvalue weighted by Gasteiger charge is 2.23. The van der Waals surface area contributed by atoms with Crippen LogP contribution in [0, 0.1) is 0 Å². The predicted molar refractivity (Wildman–Crippen MR) is 150 cm³/mol. The maximum absolute atomic E-state index is 11.3. The van der Waals surface area contributed by atoms with Crippen LogP contribution in [-0.4, -0.2) is 19.1 Å². The number of nitrogens with zero attached hydrogens (tertiary/aromatic N) is 3. The van der Waals surface area contributed by atoms with Crippen LogP contribution in [-0.2, 0) is 13.0 Å². The largest absolute Gasteiger partial charge is 0.387 e. The Labute approximate surface area is 217 Å². The third-order valence-corrected chi connectivity index (χ3v) is 6.97. The molecule has 37 heavy (non-hydrogen) atoms. The monoisotopic (exact) mass is 483 g/mol. The van der Waals surface area contributed by atoms with Gasteiger partial charge in [0.1, 0.15) is 0 Å². The number of benzene rings is 4. The SMILES string of the molecule is CCc1ccc(-c2cn3c(-c4ccccc4)c(-c4ccccc4)nc3n2C[C@H](O)c2ccccc2)cc1. The minimum absolute atomic E-state index is 0.394. The summed E-state index contributed by atoms with van der Waals surface area (Å²) < 4.78 is 4.33. The van der Waals surface area contributed by atoms with Gasteiger partial charge in [0, 0.05) is 17.3 Å². The molecule has 0 aliphatic heterocycles. The molecule has 0 saturated carbocycles. The normalized spacial score (nSPS) is 12.2. The number of aromatic nitrogens is 3. The fourth-order valence-corrected chi connectivity index (χ4v) is 4.98. The predicted octanol–water partition coefficient (Wildman–Crippen LogP) is 7.43. The van der Waals surface area contributed by atoms with E-state index in [1.54, 1.807) is 0 Å². The molecule has 6 aromatic rings. The van der Waals surface area contributed by atoms with E-state index in [0.29, 0.717) is 6.54 Å². The van der Waals surface area contributed by atoms with Crippen LogP contribution in [0.25, 0.3) is 39.5 Å². The lowest BCUT2D eigenvalue weighted by Gasteiger charge is -2.15. The lowest BCUT2D eigenvalue weighted by Crippen LogP contribution is -2.10. The first-order valence-electron chi connectivity index (χ1n) is 12.8. The molecule has 0 aliphatic carbocycles. The Morgan fingerprint density at radius 2 is 1.30 bits per heavy atom. The Bertz CT molecular complexity index is 1620. The molecule has 1 atom stereocenters. The number of hydrogen-bond acceptors (Lipinski definition) is 2. The summed E-state index contributed by atoms with van der Waals surface area (Å²) in [5.74, 6) is 0.808. The van der Waals surface area contributed by atoms with E-state index in [4.69, 9.17) is 4.98 Å². The van der Waals surface area contributed by atoms with E-state index in [9.17, 15) is 5.11 Å². The van der Waals surface area contributed by atoms with Crippen molar-refractivity contribution in [2.45, 2.75) is 26.0 Å². The Balaban J connectivity index is 1.59. The molecule has 0 spiro atoms. The summed E-state index contributed by atoms with van der Waals surface area (Å²) in [6, 6.07) is 39.2. The first-order valence-corrected chi connectivity index (χ1v) is 12.8. The molecule has 0 radical (unpaired) electrons. The number of rotatable bonds is 7. The average Bonchev–Trinajstić information content (AvgIpc) is 3.51. The minimum Gasteiger partial charge on any atom is -0.387 e. The smallest absolute Gasteiger partial charge is 0.215 e. The van der Waals surface area contributed by atoms with Crippen LogP contribution in [0.4, 0.5) is 0 Å². The molecule has 4 nitrogen and oxygen atoms in total. The van der Waals surface area contributed by atoms with Gasteiger partial charge in [-0.1, -0.05) is 122 Å². The fourth-order valence-electron chi connectivity index (χ4n) is 4.98. The highest BCUT2D eigenvalue weighted by molar-refractivity contribution is 5.82. The summed E-state index contributed by atoms with van der Waals surface area (Å²) in [4.78, 5) is 5.20. The fraction of sp³-hybridized carbons (Fsp3) is 0.121. The average molecular weight is 484 g/mol. The van der Waals surface area contributed by atoms with E-state index < -0.39 is 6.10 Å². The molecule has 1 N–H and O–H groups in total. The number of fused-ring (bicyclic) bond motifs is 1. The molecule has 2 heterocycles.